The number of rotatable bonds is 5. The van der Waals surface area contributed by atoms with Crippen LogP contribution in [0.3, 0.4) is 0 Å². The van der Waals surface area contributed by atoms with Crippen LogP contribution in [0.5, 0.6) is 5.75 Å². The molecular weight excluding hydrogens is 345 g/mol. The van der Waals surface area contributed by atoms with Crippen LogP contribution in [0.4, 0.5) is 8.78 Å². The second kappa shape index (κ2) is 9.62. The number of nitrogens with zero attached hydrogens (tertiary/aromatic N) is 1. The first kappa shape index (κ1) is 20.4. The Balaban J connectivity index is 0.00000132. The van der Waals surface area contributed by atoms with Crippen LogP contribution in [0.25, 0.3) is 0 Å². The summed E-state index contributed by atoms with van der Waals surface area (Å²) in [7, 11) is 0. The minimum atomic E-state index is -2.77. The van der Waals surface area contributed by atoms with Gasteiger partial charge in [-0.15, -0.1) is 24.8 Å². The average Bonchev–Trinajstić information content (AvgIpc) is 2.44. The molecule has 1 aliphatic carbocycles. The minimum Gasteiger partial charge on any atom is -0.434 e. The molecule has 1 N–H and O–H groups in total. The van der Waals surface area contributed by atoms with Crippen molar-refractivity contribution in [2.24, 2.45) is 5.92 Å². The molecule has 0 spiro atoms. The number of halogens is 4. The molecule has 132 valence electrons. The Labute approximate surface area is 148 Å². The topological polar surface area (TPSA) is 24.5 Å². The summed E-state index contributed by atoms with van der Waals surface area (Å²) in [6, 6.07) is 7.49. The normalized spacial score (nSPS) is 20.1. The molecule has 2 aliphatic rings. The van der Waals surface area contributed by atoms with E-state index in [4.69, 9.17) is 4.74 Å². The summed E-state index contributed by atoms with van der Waals surface area (Å²) in [4.78, 5) is 2.42. The van der Waals surface area contributed by atoms with Gasteiger partial charge >= 0.3 is 6.61 Å². The van der Waals surface area contributed by atoms with E-state index in [0.717, 1.165) is 31.7 Å². The average molecular weight is 369 g/mol. The molecule has 1 saturated heterocycles. The van der Waals surface area contributed by atoms with E-state index in [1.807, 2.05) is 12.1 Å². The predicted octanol–water partition coefficient (Wildman–Crippen LogP) is 3.88. The van der Waals surface area contributed by atoms with Gasteiger partial charge in [0.05, 0.1) is 0 Å². The van der Waals surface area contributed by atoms with Gasteiger partial charge in [0.1, 0.15) is 5.75 Å². The van der Waals surface area contributed by atoms with Gasteiger partial charge < -0.3 is 10.1 Å². The van der Waals surface area contributed by atoms with Gasteiger partial charge in [-0.25, -0.2) is 0 Å². The van der Waals surface area contributed by atoms with E-state index in [9.17, 15) is 8.78 Å². The highest BCUT2D eigenvalue weighted by Crippen LogP contribution is 2.44. The fraction of sp³-hybridized carbons (Fsp3) is 0.625. The Morgan fingerprint density at radius 1 is 1.09 bits per heavy atom. The SMILES string of the molecule is Cl.Cl.FC(F)Oc1ccccc1[C@@H](C1CCC1)N1CCNCC1. The van der Waals surface area contributed by atoms with Gasteiger partial charge in [0.15, 0.2) is 0 Å². The van der Waals surface area contributed by atoms with Crippen molar-refractivity contribution in [2.45, 2.75) is 31.9 Å². The molecule has 7 heteroatoms. The number of benzene rings is 1. The molecule has 1 atom stereocenters. The monoisotopic (exact) mass is 368 g/mol. The van der Waals surface area contributed by atoms with Crippen molar-refractivity contribution in [1.82, 2.24) is 10.2 Å². The molecule has 0 amide bonds. The molecule has 0 radical (unpaired) electrons. The number of alkyl halides is 2. The van der Waals surface area contributed by atoms with Gasteiger partial charge in [-0.2, -0.15) is 8.78 Å². The molecule has 0 unspecified atom stereocenters. The molecule has 0 aromatic heterocycles. The van der Waals surface area contributed by atoms with E-state index in [1.165, 1.54) is 19.3 Å². The summed E-state index contributed by atoms with van der Waals surface area (Å²) < 4.78 is 30.1. The Hall–Kier alpha value is -0.620. The molecule has 1 saturated carbocycles. The first-order valence-corrected chi connectivity index (χ1v) is 7.74. The predicted molar refractivity (Wildman–Crippen MR) is 92.1 cm³/mol. The summed E-state index contributed by atoms with van der Waals surface area (Å²) in [6.45, 7) is 1.08. The molecule has 1 aliphatic heterocycles. The maximum Gasteiger partial charge on any atom is 0.387 e. The number of para-hydroxylation sites is 1. The van der Waals surface area contributed by atoms with Crippen molar-refractivity contribution in [3.05, 3.63) is 29.8 Å². The third-order valence-corrected chi connectivity index (χ3v) is 4.60. The van der Waals surface area contributed by atoms with Crippen LogP contribution in [0.2, 0.25) is 0 Å². The molecule has 1 aromatic carbocycles. The molecule has 1 heterocycles. The third-order valence-electron chi connectivity index (χ3n) is 4.60. The lowest BCUT2D eigenvalue weighted by Crippen LogP contribution is -2.48. The zero-order chi connectivity index (χ0) is 14.7. The number of hydrogen-bond donors (Lipinski definition) is 1. The van der Waals surface area contributed by atoms with Gasteiger partial charge in [0.25, 0.3) is 0 Å². The summed E-state index contributed by atoms with van der Waals surface area (Å²) in [5.74, 6) is 0.897. The first-order valence-electron chi connectivity index (χ1n) is 7.74. The number of piperazine rings is 1. The Morgan fingerprint density at radius 2 is 1.74 bits per heavy atom. The standard InChI is InChI=1S/C16H22F2N2O.2ClH/c17-16(18)21-14-7-2-1-6-13(14)15(12-4-3-5-12)20-10-8-19-9-11-20;;/h1-2,6-7,12,15-16,19H,3-5,8-11H2;2*1H/t15-;;/m1../s1. The largest absolute Gasteiger partial charge is 0.434 e. The second-order valence-electron chi connectivity index (χ2n) is 5.84. The molecule has 1 aromatic rings. The number of nitrogens with one attached hydrogen (secondary N) is 1. The summed E-state index contributed by atoms with van der Waals surface area (Å²) in [5.41, 5.74) is 0.921. The fourth-order valence-corrected chi connectivity index (χ4v) is 3.39. The zero-order valence-corrected chi connectivity index (χ0v) is 14.6. The van der Waals surface area contributed by atoms with E-state index in [1.54, 1.807) is 12.1 Å². The van der Waals surface area contributed by atoms with Gasteiger partial charge in [-0.05, 0) is 24.8 Å². The molecule has 0 bridgehead atoms. The smallest absolute Gasteiger partial charge is 0.387 e. The highest BCUT2D eigenvalue weighted by atomic mass is 35.5. The number of hydrogen-bond acceptors (Lipinski definition) is 3. The summed E-state index contributed by atoms with van der Waals surface area (Å²) in [5, 5.41) is 3.35. The lowest BCUT2D eigenvalue weighted by molar-refractivity contribution is -0.0520. The van der Waals surface area contributed by atoms with Gasteiger partial charge in [0, 0.05) is 37.8 Å². The van der Waals surface area contributed by atoms with E-state index < -0.39 is 6.61 Å². The van der Waals surface area contributed by atoms with Crippen LogP contribution in [-0.2, 0) is 0 Å². The van der Waals surface area contributed by atoms with E-state index in [0.29, 0.717) is 11.7 Å². The minimum absolute atomic E-state index is 0. The van der Waals surface area contributed by atoms with Crippen LogP contribution < -0.4 is 10.1 Å². The van der Waals surface area contributed by atoms with Gasteiger partial charge in [-0.3, -0.25) is 4.90 Å². The summed E-state index contributed by atoms with van der Waals surface area (Å²) in [6.07, 6.45) is 3.60. The van der Waals surface area contributed by atoms with Crippen molar-refractivity contribution in [1.29, 1.82) is 0 Å². The van der Waals surface area contributed by atoms with Crippen molar-refractivity contribution in [3.8, 4) is 5.75 Å². The molecular formula is C16H24Cl2F2N2O. The lowest BCUT2D eigenvalue weighted by Gasteiger charge is -2.43. The fourth-order valence-electron chi connectivity index (χ4n) is 3.39. The van der Waals surface area contributed by atoms with Crippen molar-refractivity contribution < 1.29 is 13.5 Å². The maximum atomic E-state index is 12.7. The van der Waals surface area contributed by atoms with Crippen LogP contribution in [0.15, 0.2) is 24.3 Å². The Morgan fingerprint density at radius 3 is 2.30 bits per heavy atom. The van der Waals surface area contributed by atoms with Crippen molar-refractivity contribution in [3.63, 3.8) is 0 Å². The lowest BCUT2D eigenvalue weighted by atomic mass is 9.76. The maximum absolute atomic E-state index is 12.7. The van der Waals surface area contributed by atoms with Gasteiger partial charge in [-0.1, -0.05) is 24.6 Å². The van der Waals surface area contributed by atoms with Crippen molar-refractivity contribution in [2.75, 3.05) is 26.2 Å². The van der Waals surface area contributed by atoms with Crippen LogP contribution in [-0.4, -0.2) is 37.7 Å². The van der Waals surface area contributed by atoms with Crippen LogP contribution in [0, 0.1) is 5.92 Å². The van der Waals surface area contributed by atoms with Crippen molar-refractivity contribution >= 4 is 24.8 Å². The van der Waals surface area contributed by atoms with E-state index >= 15 is 0 Å². The summed E-state index contributed by atoms with van der Waals surface area (Å²) >= 11 is 0. The zero-order valence-electron chi connectivity index (χ0n) is 12.9. The van der Waals surface area contributed by atoms with Gasteiger partial charge in [0.2, 0.25) is 0 Å². The highest BCUT2D eigenvalue weighted by molar-refractivity contribution is 5.85. The Bertz CT molecular complexity index is 469. The molecule has 23 heavy (non-hydrogen) atoms. The Kier molecular flexibility index (Phi) is 8.54. The molecule has 3 nitrogen and oxygen atoms in total. The molecule has 3 rings (SSSR count). The third kappa shape index (κ3) is 4.92. The highest BCUT2D eigenvalue weighted by Gasteiger charge is 2.35. The molecule has 2 fully saturated rings. The number of ether oxygens (including phenoxy) is 1. The van der Waals surface area contributed by atoms with E-state index in [-0.39, 0.29) is 30.9 Å². The quantitative estimate of drug-likeness (QED) is 0.853. The van der Waals surface area contributed by atoms with Crippen LogP contribution >= 0.6 is 24.8 Å². The first-order chi connectivity index (χ1) is 10.3. The second-order valence-corrected chi connectivity index (χ2v) is 5.84. The van der Waals surface area contributed by atoms with E-state index in [2.05, 4.69) is 10.2 Å². The van der Waals surface area contributed by atoms with Crippen LogP contribution in [0.1, 0.15) is 30.9 Å².